The number of carbonyl (C=O) groups is 2. The second-order valence-electron chi connectivity index (χ2n) is 6.28. The van der Waals surface area contributed by atoms with E-state index in [1.54, 1.807) is 35.6 Å². The first-order chi connectivity index (χ1) is 12.0. The lowest BCUT2D eigenvalue weighted by atomic mass is 10.0. The van der Waals surface area contributed by atoms with Gasteiger partial charge in [0.2, 0.25) is 5.91 Å². The van der Waals surface area contributed by atoms with E-state index in [4.69, 9.17) is 11.6 Å². The molecule has 2 amide bonds. The van der Waals surface area contributed by atoms with Gasteiger partial charge in [0.25, 0.3) is 5.91 Å². The predicted molar refractivity (Wildman–Crippen MR) is 103 cm³/mol. The molecular formula is C19H23ClN2O2S. The molecule has 134 valence electrons. The van der Waals surface area contributed by atoms with Crippen LogP contribution in [-0.4, -0.2) is 24.4 Å². The van der Waals surface area contributed by atoms with Gasteiger partial charge in [-0.05, 0) is 54.5 Å². The van der Waals surface area contributed by atoms with Crippen molar-refractivity contribution in [1.82, 2.24) is 10.6 Å². The first kappa shape index (κ1) is 19.5. The van der Waals surface area contributed by atoms with Crippen LogP contribution >= 0.6 is 22.9 Å². The van der Waals surface area contributed by atoms with E-state index in [0.29, 0.717) is 29.5 Å². The molecule has 0 bridgehead atoms. The van der Waals surface area contributed by atoms with Gasteiger partial charge in [-0.15, -0.1) is 11.3 Å². The molecule has 0 fully saturated rings. The SMILES string of the molecule is CC(C)CC(NC(=O)c1ccc(Cl)cc1)C(=O)NCCc1cccs1. The highest BCUT2D eigenvalue weighted by atomic mass is 35.5. The van der Waals surface area contributed by atoms with Crippen LogP contribution in [-0.2, 0) is 11.2 Å². The number of carbonyl (C=O) groups excluding carboxylic acids is 2. The zero-order valence-corrected chi connectivity index (χ0v) is 16.0. The van der Waals surface area contributed by atoms with Crippen LogP contribution in [0.2, 0.25) is 5.02 Å². The summed E-state index contributed by atoms with van der Waals surface area (Å²) in [7, 11) is 0. The van der Waals surface area contributed by atoms with Crippen LogP contribution in [0.4, 0.5) is 0 Å². The third-order valence-corrected chi connectivity index (χ3v) is 4.87. The Balaban J connectivity index is 1.93. The third kappa shape index (κ3) is 6.52. The first-order valence-corrected chi connectivity index (χ1v) is 9.58. The van der Waals surface area contributed by atoms with Crippen molar-refractivity contribution in [2.24, 2.45) is 5.92 Å². The molecule has 0 aliphatic heterocycles. The van der Waals surface area contributed by atoms with Crippen molar-refractivity contribution in [3.05, 3.63) is 57.2 Å². The summed E-state index contributed by atoms with van der Waals surface area (Å²) in [6.07, 6.45) is 1.38. The Morgan fingerprint density at radius 2 is 1.88 bits per heavy atom. The van der Waals surface area contributed by atoms with E-state index in [0.717, 1.165) is 6.42 Å². The van der Waals surface area contributed by atoms with Crippen LogP contribution in [0.25, 0.3) is 0 Å². The summed E-state index contributed by atoms with van der Waals surface area (Å²) in [4.78, 5) is 26.1. The molecule has 25 heavy (non-hydrogen) atoms. The summed E-state index contributed by atoms with van der Waals surface area (Å²) >= 11 is 7.52. The maximum atomic E-state index is 12.5. The van der Waals surface area contributed by atoms with E-state index in [1.165, 1.54) is 4.88 Å². The van der Waals surface area contributed by atoms with Gasteiger partial charge < -0.3 is 10.6 Å². The van der Waals surface area contributed by atoms with Crippen molar-refractivity contribution in [3.63, 3.8) is 0 Å². The van der Waals surface area contributed by atoms with E-state index >= 15 is 0 Å². The molecule has 4 nitrogen and oxygen atoms in total. The van der Waals surface area contributed by atoms with Gasteiger partial charge in [-0.3, -0.25) is 9.59 Å². The lowest BCUT2D eigenvalue weighted by Gasteiger charge is -2.20. The molecule has 0 spiro atoms. The van der Waals surface area contributed by atoms with Gasteiger partial charge in [-0.2, -0.15) is 0 Å². The molecule has 2 aromatic rings. The van der Waals surface area contributed by atoms with Gasteiger partial charge >= 0.3 is 0 Å². The summed E-state index contributed by atoms with van der Waals surface area (Å²) in [6, 6.07) is 10.1. The van der Waals surface area contributed by atoms with Crippen molar-refractivity contribution in [3.8, 4) is 0 Å². The Kier molecular flexibility index (Phi) is 7.47. The molecule has 1 aromatic carbocycles. The van der Waals surface area contributed by atoms with Crippen molar-refractivity contribution < 1.29 is 9.59 Å². The van der Waals surface area contributed by atoms with Crippen LogP contribution in [0.5, 0.6) is 0 Å². The molecule has 0 aliphatic rings. The minimum absolute atomic E-state index is 0.146. The lowest BCUT2D eigenvalue weighted by molar-refractivity contribution is -0.123. The molecular weight excluding hydrogens is 356 g/mol. The fraction of sp³-hybridized carbons (Fsp3) is 0.368. The molecule has 2 rings (SSSR count). The van der Waals surface area contributed by atoms with Crippen LogP contribution < -0.4 is 10.6 Å². The van der Waals surface area contributed by atoms with Gasteiger partial charge in [0.05, 0.1) is 0 Å². The van der Waals surface area contributed by atoms with Crippen molar-refractivity contribution >= 4 is 34.8 Å². The van der Waals surface area contributed by atoms with Gasteiger partial charge in [-0.1, -0.05) is 31.5 Å². The summed E-state index contributed by atoms with van der Waals surface area (Å²) in [5, 5.41) is 8.35. The molecule has 1 aromatic heterocycles. The number of amides is 2. The van der Waals surface area contributed by atoms with Gasteiger partial charge in [0.15, 0.2) is 0 Å². The lowest BCUT2D eigenvalue weighted by Crippen LogP contribution is -2.47. The van der Waals surface area contributed by atoms with Crippen LogP contribution in [0, 0.1) is 5.92 Å². The Bertz CT molecular complexity index is 684. The Hall–Kier alpha value is -1.85. The minimum atomic E-state index is -0.550. The summed E-state index contributed by atoms with van der Waals surface area (Å²) in [5.41, 5.74) is 0.490. The largest absolute Gasteiger partial charge is 0.354 e. The average molecular weight is 379 g/mol. The zero-order valence-electron chi connectivity index (χ0n) is 14.4. The fourth-order valence-electron chi connectivity index (χ4n) is 2.43. The predicted octanol–water partition coefficient (Wildman–Crippen LogP) is 3.90. The standard InChI is InChI=1S/C19H23ClN2O2S/c1-13(2)12-17(19(24)21-10-9-16-4-3-11-25-16)22-18(23)14-5-7-15(20)8-6-14/h3-8,11,13,17H,9-10,12H2,1-2H3,(H,21,24)(H,22,23). The van der Waals surface area contributed by atoms with Crippen molar-refractivity contribution in [2.45, 2.75) is 32.7 Å². The average Bonchev–Trinajstić information content (AvgIpc) is 3.07. The molecule has 1 unspecified atom stereocenters. The van der Waals surface area contributed by atoms with Gasteiger partial charge in [0.1, 0.15) is 6.04 Å². The Morgan fingerprint density at radius 3 is 2.48 bits per heavy atom. The minimum Gasteiger partial charge on any atom is -0.354 e. The van der Waals surface area contributed by atoms with E-state index < -0.39 is 6.04 Å². The molecule has 6 heteroatoms. The van der Waals surface area contributed by atoms with E-state index in [9.17, 15) is 9.59 Å². The zero-order chi connectivity index (χ0) is 18.2. The number of nitrogens with one attached hydrogen (secondary N) is 2. The second-order valence-corrected chi connectivity index (χ2v) is 7.75. The number of benzene rings is 1. The molecule has 0 radical (unpaired) electrons. The number of rotatable bonds is 8. The molecule has 1 atom stereocenters. The summed E-state index contributed by atoms with van der Waals surface area (Å²) in [6.45, 7) is 4.62. The fourth-order valence-corrected chi connectivity index (χ4v) is 3.27. The quantitative estimate of drug-likeness (QED) is 0.731. The maximum absolute atomic E-state index is 12.5. The Labute approximate surface area is 157 Å². The smallest absolute Gasteiger partial charge is 0.251 e. The van der Waals surface area contributed by atoms with Gasteiger partial charge in [-0.25, -0.2) is 0 Å². The van der Waals surface area contributed by atoms with Crippen molar-refractivity contribution in [2.75, 3.05) is 6.54 Å². The summed E-state index contributed by atoms with van der Waals surface area (Å²) < 4.78 is 0. The maximum Gasteiger partial charge on any atom is 0.251 e. The molecule has 1 heterocycles. The highest BCUT2D eigenvalue weighted by molar-refractivity contribution is 7.09. The molecule has 0 aliphatic carbocycles. The highest BCUT2D eigenvalue weighted by Crippen LogP contribution is 2.11. The molecule has 0 saturated carbocycles. The van der Waals surface area contributed by atoms with Gasteiger partial charge in [0, 0.05) is 22.0 Å². The summed E-state index contributed by atoms with van der Waals surface area (Å²) in [5.74, 6) is -0.123. The van der Waals surface area contributed by atoms with Crippen LogP contribution in [0.1, 0.15) is 35.5 Å². The topological polar surface area (TPSA) is 58.2 Å². The monoisotopic (exact) mass is 378 g/mol. The number of halogens is 1. The molecule has 2 N–H and O–H groups in total. The van der Waals surface area contributed by atoms with E-state index in [-0.39, 0.29) is 11.8 Å². The van der Waals surface area contributed by atoms with E-state index in [2.05, 4.69) is 10.6 Å². The number of hydrogen-bond donors (Lipinski definition) is 2. The first-order valence-electron chi connectivity index (χ1n) is 8.32. The van der Waals surface area contributed by atoms with Crippen LogP contribution in [0.3, 0.4) is 0 Å². The second kappa shape index (κ2) is 9.59. The number of thiophene rings is 1. The van der Waals surface area contributed by atoms with E-state index in [1.807, 2.05) is 31.4 Å². The number of hydrogen-bond acceptors (Lipinski definition) is 3. The third-order valence-electron chi connectivity index (χ3n) is 3.69. The van der Waals surface area contributed by atoms with Crippen LogP contribution in [0.15, 0.2) is 41.8 Å². The normalized spacial score (nSPS) is 12.0. The Morgan fingerprint density at radius 1 is 1.16 bits per heavy atom. The highest BCUT2D eigenvalue weighted by Gasteiger charge is 2.22. The molecule has 0 saturated heterocycles. The van der Waals surface area contributed by atoms with Crippen molar-refractivity contribution in [1.29, 1.82) is 0 Å².